The van der Waals surface area contributed by atoms with Gasteiger partial charge in [-0.25, -0.2) is 0 Å². The van der Waals surface area contributed by atoms with Crippen molar-refractivity contribution < 1.29 is 5.11 Å². The normalized spacial score (nSPS) is 14.0. The fourth-order valence-corrected chi connectivity index (χ4v) is 2.87. The van der Waals surface area contributed by atoms with Crippen molar-refractivity contribution in [1.82, 2.24) is 0 Å². The summed E-state index contributed by atoms with van der Waals surface area (Å²) in [5.41, 5.74) is 7.18. The molecular weight excluding hydrogens is 293 g/mol. The van der Waals surface area contributed by atoms with Gasteiger partial charge in [0.15, 0.2) is 0 Å². The largest absolute Gasteiger partial charge is 0.395 e. The van der Waals surface area contributed by atoms with E-state index in [0.717, 1.165) is 11.1 Å². The number of hydrogen-bond donors (Lipinski definition) is 2. The van der Waals surface area contributed by atoms with E-state index in [1.807, 2.05) is 30.3 Å². The van der Waals surface area contributed by atoms with Crippen LogP contribution in [-0.2, 0) is 11.8 Å². The lowest BCUT2D eigenvalue weighted by atomic mass is 9.76. The minimum atomic E-state index is -0.574. The molecule has 0 radical (unpaired) electrons. The second-order valence-corrected chi connectivity index (χ2v) is 5.70. The van der Waals surface area contributed by atoms with Gasteiger partial charge in [0.05, 0.1) is 6.61 Å². The second-order valence-electron chi connectivity index (χ2n) is 4.89. The molecule has 2 aromatic carbocycles. The summed E-state index contributed by atoms with van der Waals surface area (Å²) >= 11 is 12.5. The van der Waals surface area contributed by atoms with E-state index in [-0.39, 0.29) is 6.61 Å². The maximum Gasteiger partial charge on any atom is 0.0543 e. The molecule has 20 heavy (non-hydrogen) atoms. The third-order valence-electron chi connectivity index (χ3n) is 3.66. The number of halogens is 2. The number of aliphatic hydroxyl groups is 1. The summed E-state index contributed by atoms with van der Waals surface area (Å²) in [6.45, 7) is 0.254. The zero-order valence-corrected chi connectivity index (χ0v) is 12.5. The lowest BCUT2D eigenvalue weighted by Gasteiger charge is -2.32. The minimum Gasteiger partial charge on any atom is -0.395 e. The predicted octanol–water partition coefficient (Wildman–Crippen LogP) is 3.42. The summed E-state index contributed by atoms with van der Waals surface area (Å²) in [5.74, 6) is 0. The van der Waals surface area contributed by atoms with Crippen LogP contribution in [0.25, 0.3) is 0 Å². The Morgan fingerprint density at radius 1 is 0.950 bits per heavy atom. The molecule has 0 amide bonds. The maximum absolute atomic E-state index is 9.91. The molecule has 2 aromatic rings. The van der Waals surface area contributed by atoms with E-state index in [1.54, 1.807) is 18.2 Å². The van der Waals surface area contributed by atoms with Crippen LogP contribution in [0.4, 0.5) is 0 Å². The van der Waals surface area contributed by atoms with Gasteiger partial charge in [-0.2, -0.15) is 0 Å². The molecular formula is C16H17Cl2NO. The number of hydrogen-bond acceptors (Lipinski definition) is 2. The molecule has 0 bridgehead atoms. The Hall–Kier alpha value is -1.06. The Kier molecular flexibility index (Phi) is 5.06. The summed E-state index contributed by atoms with van der Waals surface area (Å²) in [6, 6.07) is 15.1. The average molecular weight is 310 g/mol. The summed E-state index contributed by atoms with van der Waals surface area (Å²) in [5, 5.41) is 11.1. The third kappa shape index (κ3) is 2.99. The van der Waals surface area contributed by atoms with Crippen LogP contribution in [0.2, 0.25) is 10.0 Å². The van der Waals surface area contributed by atoms with Crippen LogP contribution in [-0.4, -0.2) is 18.3 Å². The highest BCUT2D eigenvalue weighted by Crippen LogP contribution is 2.33. The first-order chi connectivity index (χ1) is 9.63. The second kappa shape index (κ2) is 6.59. The van der Waals surface area contributed by atoms with E-state index >= 15 is 0 Å². The first kappa shape index (κ1) is 15.3. The topological polar surface area (TPSA) is 46.2 Å². The van der Waals surface area contributed by atoms with Gasteiger partial charge >= 0.3 is 0 Å². The van der Waals surface area contributed by atoms with Crippen molar-refractivity contribution in [2.75, 3.05) is 13.2 Å². The van der Waals surface area contributed by atoms with Crippen LogP contribution in [0.15, 0.2) is 48.5 Å². The molecule has 2 nitrogen and oxygen atoms in total. The molecule has 0 aliphatic carbocycles. The van der Waals surface area contributed by atoms with E-state index in [9.17, 15) is 5.11 Å². The van der Waals surface area contributed by atoms with Crippen molar-refractivity contribution in [3.05, 3.63) is 69.7 Å². The average Bonchev–Trinajstić information content (AvgIpc) is 2.49. The van der Waals surface area contributed by atoms with Crippen molar-refractivity contribution >= 4 is 23.2 Å². The summed E-state index contributed by atoms with van der Waals surface area (Å²) in [4.78, 5) is 0. The Balaban J connectivity index is 2.45. The highest BCUT2D eigenvalue weighted by Gasteiger charge is 2.31. The molecule has 0 aliphatic rings. The molecule has 0 spiro atoms. The van der Waals surface area contributed by atoms with Crippen LogP contribution >= 0.6 is 23.2 Å². The molecule has 0 aromatic heterocycles. The molecule has 0 fully saturated rings. The van der Waals surface area contributed by atoms with E-state index in [4.69, 9.17) is 28.9 Å². The molecule has 0 saturated carbocycles. The zero-order valence-electron chi connectivity index (χ0n) is 11.0. The lowest BCUT2D eigenvalue weighted by molar-refractivity contribution is 0.196. The standard InChI is InChI=1S/C16H17Cl2NO/c17-14-7-4-8-15(18)13(14)9-16(10-19,11-20)12-5-2-1-3-6-12/h1-8,20H,9-11,19H2. The molecule has 0 heterocycles. The van der Waals surface area contributed by atoms with Gasteiger partial charge in [-0.05, 0) is 29.7 Å². The van der Waals surface area contributed by atoms with Crippen LogP contribution in [0, 0.1) is 0 Å². The molecule has 0 saturated heterocycles. The van der Waals surface area contributed by atoms with Crippen molar-refractivity contribution in [2.45, 2.75) is 11.8 Å². The van der Waals surface area contributed by atoms with Gasteiger partial charge in [-0.3, -0.25) is 0 Å². The number of nitrogens with two attached hydrogens (primary N) is 1. The van der Waals surface area contributed by atoms with Crippen molar-refractivity contribution in [3.63, 3.8) is 0 Å². The van der Waals surface area contributed by atoms with Crippen molar-refractivity contribution in [1.29, 1.82) is 0 Å². The number of rotatable bonds is 5. The van der Waals surface area contributed by atoms with Crippen LogP contribution < -0.4 is 5.73 Å². The molecule has 106 valence electrons. The van der Waals surface area contributed by atoms with Gasteiger partial charge in [-0.1, -0.05) is 59.6 Å². The monoisotopic (exact) mass is 309 g/mol. The van der Waals surface area contributed by atoms with Crippen molar-refractivity contribution in [3.8, 4) is 0 Å². The molecule has 4 heteroatoms. The number of aliphatic hydroxyl groups excluding tert-OH is 1. The fourth-order valence-electron chi connectivity index (χ4n) is 2.34. The minimum absolute atomic E-state index is 0.0605. The Bertz CT molecular complexity index is 548. The van der Waals surface area contributed by atoms with Gasteiger partial charge in [0.2, 0.25) is 0 Å². The van der Waals surface area contributed by atoms with Crippen LogP contribution in [0.1, 0.15) is 11.1 Å². The summed E-state index contributed by atoms with van der Waals surface area (Å²) < 4.78 is 0. The highest BCUT2D eigenvalue weighted by molar-refractivity contribution is 6.36. The summed E-state index contributed by atoms with van der Waals surface area (Å²) in [6.07, 6.45) is 0.503. The van der Waals surface area contributed by atoms with Gasteiger partial charge < -0.3 is 10.8 Å². The lowest BCUT2D eigenvalue weighted by Crippen LogP contribution is -2.41. The third-order valence-corrected chi connectivity index (χ3v) is 4.36. The highest BCUT2D eigenvalue weighted by atomic mass is 35.5. The first-order valence-corrected chi connectivity index (χ1v) is 7.18. The van der Waals surface area contributed by atoms with Gasteiger partial charge in [0, 0.05) is 22.0 Å². The van der Waals surface area contributed by atoms with Gasteiger partial charge in [-0.15, -0.1) is 0 Å². The van der Waals surface area contributed by atoms with E-state index < -0.39 is 5.41 Å². The van der Waals surface area contributed by atoms with Gasteiger partial charge in [0.1, 0.15) is 0 Å². The van der Waals surface area contributed by atoms with E-state index in [0.29, 0.717) is 23.0 Å². The Labute approximate surface area is 129 Å². The van der Waals surface area contributed by atoms with Crippen molar-refractivity contribution in [2.24, 2.45) is 5.73 Å². The summed E-state index contributed by atoms with van der Waals surface area (Å²) in [7, 11) is 0. The number of benzene rings is 2. The molecule has 1 atom stereocenters. The van der Waals surface area contributed by atoms with Crippen LogP contribution in [0.5, 0.6) is 0 Å². The first-order valence-electron chi connectivity index (χ1n) is 6.42. The SMILES string of the molecule is NCC(CO)(Cc1c(Cl)cccc1Cl)c1ccccc1. The van der Waals surface area contributed by atoms with E-state index in [1.165, 1.54) is 0 Å². The fraction of sp³-hybridized carbons (Fsp3) is 0.250. The molecule has 2 rings (SSSR count). The molecule has 1 unspecified atom stereocenters. The van der Waals surface area contributed by atoms with Crippen LogP contribution in [0.3, 0.4) is 0 Å². The maximum atomic E-state index is 9.91. The Morgan fingerprint density at radius 3 is 2.05 bits per heavy atom. The Morgan fingerprint density at radius 2 is 1.55 bits per heavy atom. The van der Waals surface area contributed by atoms with E-state index in [2.05, 4.69) is 0 Å². The smallest absolute Gasteiger partial charge is 0.0543 e. The molecule has 0 aliphatic heterocycles. The predicted molar refractivity (Wildman–Crippen MR) is 84.4 cm³/mol. The quantitative estimate of drug-likeness (QED) is 0.889. The zero-order chi connectivity index (χ0) is 14.6. The van der Waals surface area contributed by atoms with Gasteiger partial charge in [0.25, 0.3) is 0 Å². The molecule has 3 N–H and O–H groups in total.